The molecule has 1 saturated heterocycles. The maximum atomic E-state index is 12.5. The molecule has 130 valence electrons. The lowest BCUT2D eigenvalue weighted by Crippen LogP contribution is -2.37. The SMILES string of the molecule is O=C(O)c1cnc(C(=O)N2CCCN(C(=O)c3ccsc3)CC2)cn1. The van der Waals surface area contributed by atoms with Crippen LogP contribution in [0.2, 0.25) is 0 Å². The van der Waals surface area contributed by atoms with Crippen LogP contribution in [0.4, 0.5) is 0 Å². The second-order valence-corrected chi connectivity index (χ2v) is 6.32. The number of hydrogen-bond acceptors (Lipinski definition) is 6. The van der Waals surface area contributed by atoms with E-state index in [4.69, 9.17) is 5.11 Å². The number of carboxylic acids is 1. The maximum absolute atomic E-state index is 12.5. The van der Waals surface area contributed by atoms with E-state index in [1.54, 1.807) is 15.9 Å². The molecule has 9 heteroatoms. The van der Waals surface area contributed by atoms with Crippen molar-refractivity contribution in [3.8, 4) is 0 Å². The zero-order valence-corrected chi connectivity index (χ0v) is 14.1. The van der Waals surface area contributed by atoms with Gasteiger partial charge in [0.15, 0.2) is 5.69 Å². The molecule has 1 aliphatic heterocycles. The Morgan fingerprint density at radius 3 is 2.16 bits per heavy atom. The fraction of sp³-hybridized carbons (Fsp3) is 0.312. The highest BCUT2D eigenvalue weighted by atomic mass is 32.1. The standard InChI is InChI=1S/C16H16N4O4S/c21-14(11-2-7-25-10-11)19-3-1-4-20(6-5-19)15(22)12-8-18-13(9-17-12)16(23)24/h2,7-10H,1,3-6H2,(H,23,24). The molecule has 0 aliphatic carbocycles. The summed E-state index contributed by atoms with van der Waals surface area (Å²) in [6.45, 7) is 1.94. The van der Waals surface area contributed by atoms with Gasteiger partial charge in [-0.15, -0.1) is 0 Å². The number of thiophene rings is 1. The number of aromatic nitrogens is 2. The van der Waals surface area contributed by atoms with Crippen LogP contribution in [0.1, 0.15) is 37.8 Å². The van der Waals surface area contributed by atoms with E-state index in [1.165, 1.54) is 17.5 Å². The Hall–Kier alpha value is -2.81. The average Bonchev–Trinajstić information content (AvgIpc) is 3.05. The Morgan fingerprint density at radius 2 is 1.60 bits per heavy atom. The lowest BCUT2D eigenvalue weighted by molar-refractivity contribution is 0.0686. The number of hydrogen-bond donors (Lipinski definition) is 1. The van der Waals surface area contributed by atoms with Gasteiger partial charge in [-0.05, 0) is 17.9 Å². The molecule has 1 N–H and O–H groups in total. The van der Waals surface area contributed by atoms with Crippen LogP contribution in [-0.4, -0.2) is 68.8 Å². The van der Waals surface area contributed by atoms with Gasteiger partial charge in [-0.25, -0.2) is 14.8 Å². The Kier molecular flexibility index (Phi) is 5.03. The Labute approximate surface area is 147 Å². The summed E-state index contributed by atoms with van der Waals surface area (Å²) in [4.78, 5) is 46.7. The highest BCUT2D eigenvalue weighted by Crippen LogP contribution is 2.13. The molecule has 0 aromatic carbocycles. The van der Waals surface area contributed by atoms with Crippen molar-refractivity contribution in [3.05, 3.63) is 46.2 Å². The van der Waals surface area contributed by atoms with Crippen molar-refractivity contribution in [2.75, 3.05) is 26.2 Å². The van der Waals surface area contributed by atoms with Crippen molar-refractivity contribution >= 4 is 29.1 Å². The molecule has 8 nitrogen and oxygen atoms in total. The van der Waals surface area contributed by atoms with E-state index in [-0.39, 0.29) is 23.2 Å². The number of rotatable bonds is 3. The molecule has 1 aliphatic rings. The van der Waals surface area contributed by atoms with Gasteiger partial charge in [-0.2, -0.15) is 11.3 Å². The summed E-state index contributed by atoms with van der Waals surface area (Å²) in [5.74, 6) is -1.53. The molecule has 0 saturated carbocycles. The van der Waals surface area contributed by atoms with E-state index >= 15 is 0 Å². The molecule has 3 heterocycles. The Bertz CT molecular complexity index is 776. The fourth-order valence-corrected chi connectivity index (χ4v) is 3.23. The van der Waals surface area contributed by atoms with Crippen LogP contribution in [0.3, 0.4) is 0 Å². The number of aromatic carboxylic acids is 1. The molecular weight excluding hydrogens is 344 g/mol. The lowest BCUT2D eigenvalue weighted by atomic mass is 10.3. The van der Waals surface area contributed by atoms with Gasteiger partial charge in [-0.1, -0.05) is 0 Å². The first kappa shape index (κ1) is 17.0. The van der Waals surface area contributed by atoms with Gasteiger partial charge in [0.25, 0.3) is 11.8 Å². The van der Waals surface area contributed by atoms with Gasteiger partial charge in [-0.3, -0.25) is 9.59 Å². The molecule has 0 spiro atoms. The van der Waals surface area contributed by atoms with Crippen LogP contribution >= 0.6 is 11.3 Å². The van der Waals surface area contributed by atoms with E-state index in [1.807, 2.05) is 10.8 Å². The van der Waals surface area contributed by atoms with Crippen molar-refractivity contribution in [3.63, 3.8) is 0 Å². The molecule has 1 fully saturated rings. The number of carbonyl (C=O) groups excluding carboxylic acids is 2. The maximum Gasteiger partial charge on any atom is 0.356 e. The minimum atomic E-state index is -1.19. The number of carbonyl (C=O) groups is 3. The predicted molar refractivity (Wildman–Crippen MR) is 89.7 cm³/mol. The molecule has 0 bridgehead atoms. The summed E-state index contributed by atoms with van der Waals surface area (Å²) >= 11 is 1.47. The summed E-state index contributed by atoms with van der Waals surface area (Å²) < 4.78 is 0. The first-order valence-corrected chi connectivity index (χ1v) is 8.66. The first-order valence-electron chi connectivity index (χ1n) is 7.72. The molecule has 25 heavy (non-hydrogen) atoms. The molecule has 0 atom stereocenters. The zero-order valence-electron chi connectivity index (χ0n) is 13.3. The van der Waals surface area contributed by atoms with Crippen LogP contribution in [-0.2, 0) is 0 Å². The monoisotopic (exact) mass is 360 g/mol. The molecule has 3 rings (SSSR count). The molecule has 0 radical (unpaired) electrons. The topological polar surface area (TPSA) is 104 Å². The van der Waals surface area contributed by atoms with Crippen LogP contribution in [0.15, 0.2) is 29.2 Å². The second kappa shape index (κ2) is 7.39. The van der Waals surface area contributed by atoms with Crippen molar-refractivity contribution in [2.24, 2.45) is 0 Å². The summed E-state index contributed by atoms with van der Waals surface area (Å²) in [6.07, 6.45) is 2.91. The largest absolute Gasteiger partial charge is 0.476 e. The van der Waals surface area contributed by atoms with Gasteiger partial charge in [0.1, 0.15) is 5.69 Å². The predicted octanol–water partition coefficient (Wildman–Crippen LogP) is 1.22. The number of nitrogens with zero attached hydrogens (tertiary/aromatic N) is 4. The first-order chi connectivity index (χ1) is 12.1. The van der Waals surface area contributed by atoms with Gasteiger partial charge < -0.3 is 14.9 Å². The zero-order chi connectivity index (χ0) is 17.8. The number of carboxylic acid groups (broad SMARTS) is 1. The number of amides is 2. The summed E-state index contributed by atoms with van der Waals surface area (Å²) in [5.41, 5.74) is 0.558. The van der Waals surface area contributed by atoms with Gasteiger partial charge in [0.05, 0.1) is 18.0 Å². The molecule has 2 aromatic rings. The second-order valence-electron chi connectivity index (χ2n) is 5.54. The summed E-state index contributed by atoms with van der Waals surface area (Å²) in [7, 11) is 0. The van der Waals surface area contributed by atoms with Gasteiger partial charge in [0, 0.05) is 31.6 Å². The lowest BCUT2D eigenvalue weighted by Gasteiger charge is -2.21. The third-order valence-corrected chi connectivity index (χ3v) is 4.61. The van der Waals surface area contributed by atoms with E-state index in [9.17, 15) is 14.4 Å². The Morgan fingerprint density at radius 1 is 0.960 bits per heavy atom. The smallest absolute Gasteiger partial charge is 0.356 e. The third-order valence-electron chi connectivity index (χ3n) is 3.93. The van der Waals surface area contributed by atoms with E-state index < -0.39 is 5.97 Å². The normalized spacial score (nSPS) is 14.9. The van der Waals surface area contributed by atoms with Gasteiger partial charge >= 0.3 is 5.97 Å². The quantitative estimate of drug-likeness (QED) is 0.883. The van der Waals surface area contributed by atoms with Crippen LogP contribution in [0.25, 0.3) is 0 Å². The van der Waals surface area contributed by atoms with Crippen LogP contribution in [0.5, 0.6) is 0 Å². The van der Waals surface area contributed by atoms with Gasteiger partial charge in [0.2, 0.25) is 0 Å². The Balaban J connectivity index is 1.65. The third kappa shape index (κ3) is 3.82. The highest BCUT2D eigenvalue weighted by molar-refractivity contribution is 7.08. The highest BCUT2D eigenvalue weighted by Gasteiger charge is 2.24. The molecular formula is C16H16N4O4S. The van der Waals surface area contributed by atoms with Crippen molar-refractivity contribution in [1.82, 2.24) is 19.8 Å². The molecule has 2 amide bonds. The van der Waals surface area contributed by atoms with Crippen molar-refractivity contribution in [1.29, 1.82) is 0 Å². The molecule has 2 aromatic heterocycles. The van der Waals surface area contributed by atoms with E-state index in [0.29, 0.717) is 38.2 Å². The van der Waals surface area contributed by atoms with Crippen LogP contribution in [0, 0.1) is 0 Å². The fourth-order valence-electron chi connectivity index (χ4n) is 2.60. The minimum Gasteiger partial charge on any atom is -0.476 e. The van der Waals surface area contributed by atoms with Crippen molar-refractivity contribution in [2.45, 2.75) is 6.42 Å². The average molecular weight is 360 g/mol. The summed E-state index contributed by atoms with van der Waals surface area (Å²) in [5, 5.41) is 12.5. The van der Waals surface area contributed by atoms with Crippen LogP contribution < -0.4 is 0 Å². The molecule has 0 unspecified atom stereocenters. The summed E-state index contributed by atoms with van der Waals surface area (Å²) in [6, 6.07) is 1.79. The van der Waals surface area contributed by atoms with Crippen molar-refractivity contribution < 1.29 is 19.5 Å². The van der Waals surface area contributed by atoms with E-state index in [2.05, 4.69) is 9.97 Å². The van der Waals surface area contributed by atoms with E-state index in [0.717, 1.165) is 6.20 Å². The minimum absolute atomic E-state index is 0.0267.